The molecule has 3 rings (SSSR count). The Hall–Kier alpha value is -3.15. The van der Waals surface area contributed by atoms with Crippen molar-refractivity contribution in [2.75, 3.05) is 0 Å². The first-order valence-electron chi connectivity index (χ1n) is 9.89. The highest BCUT2D eigenvalue weighted by Crippen LogP contribution is 2.29. The van der Waals surface area contributed by atoms with Crippen LogP contribution in [0.25, 0.3) is 11.0 Å². The molecule has 0 aliphatic carbocycles. The van der Waals surface area contributed by atoms with Crippen molar-refractivity contribution in [2.24, 2.45) is 0 Å². The Morgan fingerprint density at radius 2 is 2.00 bits per heavy atom. The van der Waals surface area contributed by atoms with E-state index in [2.05, 4.69) is 17.2 Å². The molecule has 6 heteroatoms. The SMILES string of the molecule is CCCCc1cc(=O)oc2c(C)c(O[C@H](C)C(=O)NCc3ccncc3)ccc12. The number of hydrogen-bond acceptors (Lipinski definition) is 5. The topological polar surface area (TPSA) is 81.4 Å². The van der Waals surface area contributed by atoms with Crippen molar-refractivity contribution in [3.8, 4) is 5.75 Å². The van der Waals surface area contributed by atoms with Crippen molar-refractivity contribution in [1.29, 1.82) is 0 Å². The highest BCUT2D eigenvalue weighted by atomic mass is 16.5. The lowest BCUT2D eigenvalue weighted by molar-refractivity contribution is -0.127. The summed E-state index contributed by atoms with van der Waals surface area (Å²) in [6.45, 7) is 6.05. The van der Waals surface area contributed by atoms with Gasteiger partial charge in [0.2, 0.25) is 0 Å². The molecule has 3 aromatic rings. The minimum Gasteiger partial charge on any atom is -0.480 e. The van der Waals surface area contributed by atoms with Gasteiger partial charge < -0.3 is 14.5 Å². The van der Waals surface area contributed by atoms with E-state index < -0.39 is 6.10 Å². The number of unbranched alkanes of at least 4 members (excludes halogenated alkanes) is 1. The molecule has 0 bridgehead atoms. The standard InChI is InChI=1S/C23H26N2O4/c1-4-5-6-18-13-21(26)29-22-15(2)20(8-7-19(18)22)28-16(3)23(27)25-14-17-9-11-24-12-10-17/h7-13,16H,4-6,14H2,1-3H3,(H,25,27)/t16-/m1/s1. The molecule has 0 spiro atoms. The molecule has 1 atom stereocenters. The van der Waals surface area contributed by atoms with Gasteiger partial charge in [-0.2, -0.15) is 0 Å². The molecule has 0 aliphatic rings. The maximum atomic E-state index is 12.4. The molecule has 2 aromatic heterocycles. The zero-order valence-corrected chi connectivity index (χ0v) is 17.0. The van der Waals surface area contributed by atoms with Gasteiger partial charge in [0.15, 0.2) is 6.10 Å². The van der Waals surface area contributed by atoms with E-state index in [0.29, 0.717) is 23.4 Å². The molecule has 2 heterocycles. The number of rotatable bonds is 8. The predicted molar refractivity (Wildman–Crippen MR) is 112 cm³/mol. The quantitative estimate of drug-likeness (QED) is 0.586. The van der Waals surface area contributed by atoms with E-state index in [0.717, 1.165) is 35.8 Å². The van der Waals surface area contributed by atoms with Gasteiger partial charge in [-0.1, -0.05) is 13.3 Å². The third-order valence-corrected chi connectivity index (χ3v) is 4.89. The lowest BCUT2D eigenvalue weighted by Gasteiger charge is -2.17. The second kappa shape index (κ2) is 9.37. The zero-order chi connectivity index (χ0) is 20.8. The average Bonchev–Trinajstić information content (AvgIpc) is 2.73. The molecule has 0 fully saturated rings. The van der Waals surface area contributed by atoms with E-state index in [1.54, 1.807) is 25.4 Å². The minimum atomic E-state index is -0.692. The number of fused-ring (bicyclic) bond motifs is 1. The van der Waals surface area contributed by atoms with E-state index in [4.69, 9.17) is 9.15 Å². The second-order valence-corrected chi connectivity index (χ2v) is 7.09. The number of aromatic nitrogens is 1. The lowest BCUT2D eigenvalue weighted by atomic mass is 10.0. The number of amides is 1. The first-order valence-corrected chi connectivity index (χ1v) is 9.89. The molecule has 1 N–H and O–H groups in total. The monoisotopic (exact) mass is 394 g/mol. The first kappa shape index (κ1) is 20.6. The Kier molecular flexibility index (Phi) is 6.65. The molecule has 29 heavy (non-hydrogen) atoms. The Morgan fingerprint density at radius 3 is 2.72 bits per heavy atom. The predicted octanol–water partition coefficient (Wildman–Crippen LogP) is 3.92. The van der Waals surface area contributed by atoms with E-state index in [1.165, 1.54) is 0 Å². The van der Waals surface area contributed by atoms with Crippen LogP contribution in [-0.2, 0) is 17.8 Å². The van der Waals surface area contributed by atoms with Crippen molar-refractivity contribution in [3.05, 3.63) is 69.8 Å². The minimum absolute atomic E-state index is 0.223. The van der Waals surface area contributed by atoms with Crippen LogP contribution in [0.2, 0.25) is 0 Å². The maximum absolute atomic E-state index is 12.4. The van der Waals surface area contributed by atoms with Crippen LogP contribution in [0.4, 0.5) is 0 Å². The molecular weight excluding hydrogens is 368 g/mol. The number of aryl methyl sites for hydroxylation is 2. The summed E-state index contributed by atoms with van der Waals surface area (Å²) in [5.41, 5.74) is 2.81. The number of ether oxygens (including phenoxy) is 1. The number of carbonyl (C=O) groups excluding carboxylic acids is 1. The van der Waals surface area contributed by atoms with Gasteiger partial charge in [0, 0.05) is 36.0 Å². The Balaban J connectivity index is 1.76. The molecule has 1 amide bonds. The fourth-order valence-corrected chi connectivity index (χ4v) is 3.19. The molecule has 0 aliphatic heterocycles. The summed E-state index contributed by atoms with van der Waals surface area (Å²) in [5, 5.41) is 3.77. The van der Waals surface area contributed by atoms with Crippen molar-refractivity contribution >= 4 is 16.9 Å². The van der Waals surface area contributed by atoms with Crippen molar-refractivity contribution in [1.82, 2.24) is 10.3 Å². The molecular formula is C23H26N2O4. The third kappa shape index (κ3) is 5.02. The number of nitrogens with one attached hydrogen (secondary N) is 1. The van der Waals surface area contributed by atoms with Crippen molar-refractivity contribution in [3.63, 3.8) is 0 Å². The van der Waals surface area contributed by atoms with E-state index in [9.17, 15) is 9.59 Å². The van der Waals surface area contributed by atoms with Gasteiger partial charge in [0.1, 0.15) is 11.3 Å². The van der Waals surface area contributed by atoms with Crippen LogP contribution in [-0.4, -0.2) is 17.0 Å². The number of hydrogen-bond donors (Lipinski definition) is 1. The summed E-state index contributed by atoms with van der Waals surface area (Å²) in [6.07, 6.45) is 5.55. The molecule has 6 nitrogen and oxygen atoms in total. The fraction of sp³-hybridized carbons (Fsp3) is 0.348. The van der Waals surface area contributed by atoms with Crippen molar-refractivity contribution in [2.45, 2.75) is 52.7 Å². The van der Waals surface area contributed by atoms with Gasteiger partial charge >= 0.3 is 5.63 Å². The van der Waals surface area contributed by atoms with Gasteiger partial charge in [0.05, 0.1) is 0 Å². The van der Waals surface area contributed by atoms with Crippen LogP contribution in [0.3, 0.4) is 0 Å². The van der Waals surface area contributed by atoms with Crippen LogP contribution in [0.1, 0.15) is 43.4 Å². The van der Waals surface area contributed by atoms with E-state index in [1.807, 2.05) is 31.2 Å². The lowest BCUT2D eigenvalue weighted by Crippen LogP contribution is -2.36. The number of benzene rings is 1. The van der Waals surface area contributed by atoms with Crippen LogP contribution in [0.15, 0.2) is 51.9 Å². The average molecular weight is 394 g/mol. The Labute approximate surface area is 169 Å². The largest absolute Gasteiger partial charge is 0.480 e. The molecule has 1 aromatic carbocycles. The summed E-state index contributed by atoms with van der Waals surface area (Å²) in [5.74, 6) is 0.305. The Bertz CT molecular complexity index is 1040. The molecule has 0 saturated carbocycles. The van der Waals surface area contributed by atoms with Crippen LogP contribution in [0.5, 0.6) is 5.75 Å². The smallest absolute Gasteiger partial charge is 0.336 e. The van der Waals surface area contributed by atoms with Gasteiger partial charge in [0.25, 0.3) is 5.91 Å². The van der Waals surface area contributed by atoms with E-state index in [-0.39, 0.29) is 11.5 Å². The number of nitrogens with zero attached hydrogens (tertiary/aromatic N) is 1. The molecule has 0 unspecified atom stereocenters. The van der Waals surface area contributed by atoms with Crippen molar-refractivity contribution < 1.29 is 13.9 Å². The van der Waals surface area contributed by atoms with Gasteiger partial charge in [-0.15, -0.1) is 0 Å². The normalized spacial score (nSPS) is 12.0. The summed E-state index contributed by atoms with van der Waals surface area (Å²) < 4.78 is 11.3. The fourth-order valence-electron chi connectivity index (χ4n) is 3.19. The number of pyridine rings is 1. The maximum Gasteiger partial charge on any atom is 0.336 e. The summed E-state index contributed by atoms with van der Waals surface area (Å²) in [6, 6.07) is 8.98. The second-order valence-electron chi connectivity index (χ2n) is 7.09. The van der Waals surface area contributed by atoms with Gasteiger partial charge in [-0.3, -0.25) is 9.78 Å². The van der Waals surface area contributed by atoms with Crippen LogP contribution >= 0.6 is 0 Å². The van der Waals surface area contributed by atoms with Gasteiger partial charge in [-0.25, -0.2) is 4.79 Å². The van der Waals surface area contributed by atoms with Crippen LogP contribution < -0.4 is 15.7 Å². The van der Waals surface area contributed by atoms with Crippen LogP contribution in [0, 0.1) is 6.92 Å². The summed E-state index contributed by atoms with van der Waals surface area (Å²) in [7, 11) is 0. The molecule has 0 saturated heterocycles. The highest BCUT2D eigenvalue weighted by molar-refractivity contribution is 5.85. The molecule has 0 radical (unpaired) electrons. The zero-order valence-electron chi connectivity index (χ0n) is 17.0. The van der Waals surface area contributed by atoms with E-state index >= 15 is 0 Å². The number of carbonyl (C=O) groups is 1. The third-order valence-electron chi connectivity index (χ3n) is 4.89. The van der Waals surface area contributed by atoms with Gasteiger partial charge in [-0.05, 0) is 62.1 Å². The Morgan fingerprint density at radius 1 is 1.24 bits per heavy atom. The summed E-state index contributed by atoms with van der Waals surface area (Å²) >= 11 is 0. The first-order chi connectivity index (χ1) is 14.0. The molecule has 152 valence electrons. The summed E-state index contributed by atoms with van der Waals surface area (Å²) in [4.78, 5) is 28.4. The highest BCUT2D eigenvalue weighted by Gasteiger charge is 2.18.